The van der Waals surface area contributed by atoms with Crippen molar-refractivity contribution in [3.8, 4) is 11.5 Å². The molecule has 0 bridgehead atoms. The van der Waals surface area contributed by atoms with Crippen LogP contribution in [0.4, 0.5) is 10.9 Å². The van der Waals surface area contributed by atoms with Crippen LogP contribution in [0.3, 0.4) is 0 Å². The molecular formula is C32H30N6O3S. The Hall–Kier alpha value is -4.96. The maximum absolute atomic E-state index is 12.6. The van der Waals surface area contributed by atoms with Crippen LogP contribution < -0.4 is 15.4 Å². The third kappa shape index (κ3) is 9.03. The number of anilines is 2. The van der Waals surface area contributed by atoms with E-state index in [1.54, 1.807) is 6.07 Å². The lowest BCUT2D eigenvalue weighted by Gasteiger charge is -2.07. The Labute approximate surface area is 248 Å². The molecule has 0 saturated heterocycles. The van der Waals surface area contributed by atoms with Crippen molar-refractivity contribution < 1.29 is 14.3 Å². The van der Waals surface area contributed by atoms with Gasteiger partial charge in [-0.25, -0.2) is 0 Å². The number of hydrogen-bond donors (Lipinski definition) is 2. The van der Waals surface area contributed by atoms with Crippen molar-refractivity contribution in [1.82, 2.24) is 20.4 Å². The number of ether oxygens (including phenoxy) is 1. The SMILES string of the molecule is O=C(Cc1ccccc1)Nc1ccc(CCCCc2nnc(NC(=O)Cc3cccc(Oc4ccccc4)c3)s2)nn1. The second-order valence-corrected chi connectivity index (χ2v) is 10.7. The van der Waals surface area contributed by atoms with Crippen LogP contribution in [0.25, 0.3) is 0 Å². The molecule has 2 aromatic heterocycles. The second-order valence-electron chi connectivity index (χ2n) is 9.62. The summed E-state index contributed by atoms with van der Waals surface area (Å²) < 4.78 is 5.86. The number of aromatic nitrogens is 4. The number of carbonyl (C=O) groups is 2. The summed E-state index contributed by atoms with van der Waals surface area (Å²) in [6.07, 6.45) is 3.82. The van der Waals surface area contributed by atoms with Crippen molar-refractivity contribution in [1.29, 1.82) is 0 Å². The molecule has 0 fully saturated rings. The molecule has 2 amide bonds. The van der Waals surface area contributed by atoms with Crippen LogP contribution in [-0.4, -0.2) is 32.2 Å². The highest BCUT2D eigenvalue weighted by Gasteiger charge is 2.11. The summed E-state index contributed by atoms with van der Waals surface area (Å²) >= 11 is 1.38. The van der Waals surface area contributed by atoms with Crippen LogP contribution in [0.2, 0.25) is 0 Å². The first-order valence-corrected chi connectivity index (χ1v) is 14.5. The van der Waals surface area contributed by atoms with E-state index in [9.17, 15) is 9.59 Å². The van der Waals surface area contributed by atoms with E-state index in [0.29, 0.717) is 23.1 Å². The van der Waals surface area contributed by atoms with Crippen molar-refractivity contribution in [3.05, 3.63) is 119 Å². The number of amides is 2. The molecule has 3 aromatic carbocycles. The third-order valence-corrected chi connectivity index (χ3v) is 7.12. The van der Waals surface area contributed by atoms with Crippen molar-refractivity contribution in [2.75, 3.05) is 10.6 Å². The van der Waals surface area contributed by atoms with Gasteiger partial charge >= 0.3 is 0 Å². The second kappa shape index (κ2) is 14.6. The first-order valence-electron chi connectivity index (χ1n) is 13.7. The highest BCUT2D eigenvalue weighted by molar-refractivity contribution is 7.15. The van der Waals surface area contributed by atoms with E-state index >= 15 is 0 Å². The normalized spacial score (nSPS) is 10.7. The summed E-state index contributed by atoms with van der Waals surface area (Å²) in [6.45, 7) is 0. The monoisotopic (exact) mass is 578 g/mol. The van der Waals surface area contributed by atoms with Gasteiger partial charge in [-0.15, -0.1) is 15.3 Å². The first-order chi connectivity index (χ1) is 20.6. The summed E-state index contributed by atoms with van der Waals surface area (Å²) in [4.78, 5) is 24.8. The number of benzene rings is 3. The van der Waals surface area contributed by atoms with Crippen molar-refractivity contribution >= 4 is 34.1 Å². The van der Waals surface area contributed by atoms with Gasteiger partial charge in [0.2, 0.25) is 16.9 Å². The lowest BCUT2D eigenvalue weighted by atomic mass is 10.1. The Balaban J connectivity index is 1.01. The predicted molar refractivity (Wildman–Crippen MR) is 163 cm³/mol. The summed E-state index contributed by atoms with van der Waals surface area (Å²) in [7, 11) is 0. The van der Waals surface area contributed by atoms with Crippen LogP contribution >= 0.6 is 11.3 Å². The fourth-order valence-corrected chi connectivity index (χ4v) is 5.01. The van der Waals surface area contributed by atoms with Gasteiger partial charge in [-0.3, -0.25) is 9.59 Å². The van der Waals surface area contributed by atoms with Gasteiger partial charge in [0, 0.05) is 6.42 Å². The van der Waals surface area contributed by atoms with Crippen LogP contribution in [0, 0.1) is 0 Å². The minimum Gasteiger partial charge on any atom is -0.457 e. The molecule has 10 heteroatoms. The minimum absolute atomic E-state index is 0.126. The molecule has 2 N–H and O–H groups in total. The number of carbonyl (C=O) groups excluding carboxylic acids is 2. The smallest absolute Gasteiger partial charge is 0.230 e. The number of rotatable bonds is 13. The summed E-state index contributed by atoms with van der Waals surface area (Å²) in [6, 6.07) is 30.2. The number of unbranched alkanes of at least 4 members (excludes halogenated alkanes) is 1. The molecule has 42 heavy (non-hydrogen) atoms. The number of nitrogens with zero attached hydrogens (tertiary/aromatic N) is 4. The number of nitrogens with one attached hydrogen (secondary N) is 2. The van der Waals surface area contributed by atoms with Gasteiger partial charge in [-0.2, -0.15) is 5.10 Å². The van der Waals surface area contributed by atoms with Gasteiger partial charge in [0.15, 0.2) is 5.82 Å². The average Bonchev–Trinajstić information content (AvgIpc) is 3.44. The lowest BCUT2D eigenvalue weighted by molar-refractivity contribution is -0.116. The zero-order chi connectivity index (χ0) is 29.0. The number of hydrogen-bond acceptors (Lipinski definition) is 8. The zero-order valence-corrected chi connectivity index (χ0v) is 23.7. The first kappa shape index (κ1) is 28.6. The van der Waals surface area contributed by atoms with Gasteiger partial charge in [-0.1, -0.05) is 72.0 Å². The summed E-state index contributed by atoms with van der Waals surface area (Å²) in [5.41, 5.74) is 2.65. The van der Waals surface area contributed by atoms with E-state index < -0.39 is 0 Å². The quantitative estimate of drug-likeness (QED) is 0.163. The molecule has 0 aliphatic rings. The van der Waals surface area contributed by atoms with E-state index in [0.717, 1.165) is 53.3 Å². The highest BCUT2D eigenvalue weighted by Crippen LogP contribution is 2.23. The van der Waals surface area contributed by atoms with Gasteiger partial charge in [0.05, 0.1) is 18.5 Å². The van der Waals surface area contributed by atoms with Crippen molar-refractivity contribution in [2.24, 2.45) is 0 Å². The molecule has 5 aromatic rings. The topological polar surface area (TPSA) is 119 Å². The van der Waals surface area contributed by atoms with E-state index in [-0.39, 0.29) is 18.2 Å². The Bertz CT molecular complexity index is 1590. The molecule has 0 spiro atoms. The van der Waals surface area contributed by atoms with E-state index in [2.05, 4.69) is 31.0 Å². The molecule has 0 radical (unpaired) electrons. The van der Waals surface area contributed by atoms with Gasteiger partial charge in [-0.05, 0) is 66.8 Å². The van der Waals surface area contributed by atoms with Crippen LogP contribution in [-0.2, 0) is 35.3 Å². The van der Waals surface area contributed by atoms with Gasteiger partial charge in [0.1, 0.15) is 16.5 Å². The lowest BCUT2D eigenvalue weighted by Crippen LogP contribution is -2.15. The number of aryl methyl sites for hydroxylation is 2. The molecule has 0 aliphatic carbocycles. The predicted octanol–water partition coefficient (Wildman–Crippen LogP) is 6.05. The van der Waals surface area contributed by atoms with E-state index in [1.165, 1.54) is 11.3 Å². The van der Waals surface area contributed by atoms with Crippen LogP contribution in [0.15, 0.2) is 97.1 Å². The van der Waals surface area contributed by atoms with E-state index in [4.69, 9.17) is 4.74 Å². The molecule has 2 heterocycles. The molecule has 5 rings (SSSR count). The minimum atomic E-state index is -0.159. The Morgan fingerprint density at radius 1 is 0.643 bits per heavy atom. The Morgan fingerprint density at radius 2 is 1.33 bits per heavy atom. The Kier molecular flexibility index (Phi) is 9.93. The van der Waals surface area contributed by atoms with Crippen LogP contribution in [0.5, 0.6) is 11.5 Å². The van der Waals surface area contributed by atoms with Crippen molar-refractivity contribution in [2.45, 2.75) is 38.5 Å². The van der Waals surface area contributed by atoms with Crippen molar-refractivity contribution in [3.63, 3.8) is 0 Å². The molecule has 0 unspecified atom stereocenters. The fraction of sp³-hybridized carbons (Fsp3) is 0.188. The average molecular weight is 579 g/mol. The standard InChI is InChI=1S/C32H30N6O3S/c39-29(21-23-10-3-1-4-11-23)33-28-19-18-25(35-36-28)13-7-8-17-31-37-38-32(42-31)34-30(40)22-24-12-9-16-27(20-24)41-26-14-5-2-6-15-26/h1-6,9-12,14-16,18-20H,7-8,13,17,21-22H2,(H,33,36,39)(H,34,38,40). The summed E-state index contributed by atoms with van der Waals surface area (Å²) in [5.74, 6) is 1.58. The molecule has 0 saturated carbocycles. The molecule has 0 aliphatic heterocycles. The zero-order valence-electron chi connectivity index (χ0n) is 22.9. The number of para-hydroxylation sites is 1. The van der Waals surface area contributed by atoms with Gasteiger partial charge in [0.25, 0.3) is 0 Å². The molecule has 0 atom stereocenters. The highest BCUT2D eigenvalue weighted by atomic mass is 32.1. The molecule has 212 valence electrons. The third-order valence-electron chi connectivity index (χ3n) is 6.22. The molecular weight excluding hydrogens is 548 g/mol. The van der Waals surface area contributed by atoms with Gasteiger partial charge < -0.3 is 15.4 Å². The Morgan fingerprint density at radius 3 is 2.12 bits per heavy atom. The largest absolute Gasteiger partial charge is 0.457 e. The van der Waals surface area contributed by atoms with Crippen LogP contribution in [0.1, 0.15) is 34.7 Å². The molecule has 9 nitrogen and oxygen atoms in total. The summed E-state index contributed by atoms with van der Waals surface area (Å²) in [5, 5.41) is 23.7. The fourth-order valence-electron chi connectivity index (χ4n) is 4.21. The maximum Gasteiger partial charge on any atom is 0.230 e. The van der Waals surface area contributed by atoms with E-state index in [1.807, 2.05) is 91.0 Å². The maximum atomic E-state index is 12.6.